The van der Waals surface area contributed by atoms with Crippen LogP contribution in [0.2, 0.25) is 0 Å². The molecule has 5 nitrogen and oxygen atoms in total. The van der Waals surface area contributed by atoms with Crippen molar-refractivity contribution in [3.8, 4) is 17.1 Å². The van der Waals surface area contributed by atoms with E-state index in [1.165, 1.54) is 12.1 Å². The fourth-order valence-corrected chi connectivity index (χ4v) is 3.46. The van der Waals surface area contributed by atoms with E-state index < -0.39 is 0 Å². The van der Waals surface area contributed by atoms with Gasteiger partial charge in [0, 0.05) is 5.56 Å². The first kappa shape index (κ1) is 14.9. The average molecular weight is 340 g/mol. The van der Waals surface area contributed by atoms with Crippen LogP contribution in [0.25, 0.3) is 11.4 Å². The summed E-state index contributed by atoms with van der Waals surface area (Å²) in [5, 5.41) is 23.3. The summed E-state index contributed by atoms with van der Waals surface area (Å²) in [6.45, 7) is 2.05. The third kappa shape index (κ3) is 2.56. The highest BCUT2D eigenvalue weighted by molar-refractivity contribution is 8.00. The second-order valence-corrected chi connectivity index (χ2v) is 6.73. The second kappa shape index (κ2) is 5.76. The maximum Gasteiger partial charge on any atom is 0.213 e. The summed E-state index contributed by atoms with van der Waals surface area (Å²) in [4.78, 5) is 0. The van der Waals surface area contributed by atoms with Gasteiger partial charge in [0.05, 0.1) is 11.0 Å². The standard InChI is InChI=1S/C17H13FN4OS/c1-10-15(11-4-8-14(23)9-5-11)21-22-16(19-20-17(22)24-10)12-2-6-13(18)7-3-12/h2-10,23H,1H3/t10-/m1/s1. The normalized spacial score (nSPS) is 16.6. The Balaban J connectivity index is 1.81. The third-order valence-corrected chi connectivity index (χ3v) is 4.79. The lowest BCUT2D eigenvalue weighted by Crippen LogP contribution is -2.21. The molecule has 0 unspecified atom stereocenters. The molecule has 0 radical (unpaired) electrons. The van der Waals surface area contributed by atoms with E-state index in [9.17, 15) is 9.50 Å². The van der Waals surface area contributed by atoms with Gasteiger partial charge in [0.2, 0.25) is 5.16 Å². The Morgan fingerprint density at radius 1 is 1.00 bits per heavy atom. The Labute approximate surface area is 141 Å². The maximum atomic E-state index is 13.1. The Kier molecular flexibility index (Phi) is 3.57. The van der Waals surface area contributed by atoms with Crippen LogP contribution in [-0.2, 0) is 0 Å². The van der Waals surface area contributed by atoms with Crippen molar-refractivity contribution in [2.45, 2.75) is 17.3 Å². The first-order chi connectivity index (χ1) is 11.6. The fraction of sp³-hybridized carbons (Fsp3) is 0.118. The first-order valence-corrected chi connectivity index (χ1v) is 8.26. The van der Waals surface area contributed by atoms with E-state index in [0.29, 0.717) is 11.0 Å². The van der Waals surface area contributed by atoms with Gasteiger partial charge in [-0.1, -0.05) is 11.8 Å². The zero-order valence-electron chi connectivity index (χ0n) is 12.7. The van der Waals surface area contributed by atoms with Crippen molar-refractivity contribution in [2.75, 3.05) is 0 Å². The molecule has 0 aliphatic carbocycles. The number of benzene rings is 2. The van der Waals surface area contributed by atoms with Gasteiger partial charge in [0.1, 0.15) is 11.6 Å². The highest BCUT2D eigenvalue weighted by Crippen LogP contribution is 2.33. The molecule has 1 N–H and O–H groups in total. The molecule has 7 heteroatoms. The number of thioether (sulfide) groups is 1. The Morgan fingerprint density at radius 2 is 1.67 bits per heavy atom. The summed E-state index contributed by atoms with van der Waals surface area (Å²) >= 11 is 1.56. The summed E-state index contributed by atoms with van der Waals surface area (Å²) in [5.41, 5.74) is 2.55. The monoisotopic (exact) mass is 340 g/mol. The molecular formula is C17H13FN4OS. The molecule has 0 amide bonds. The summed E-state index contributed by atoms with van der Waals surface area (Å²) in [7, 11) is 0. The Morgan fingerprint density at radius 3 is 2.38 bits per heavy atom. The minimum absolute atomic E-state index is 0.104. The second-order valence-electron chi connectivity index (χ2n) is 5.42. The van der Waals surface area contributed by atoms with Crippen molar-refractivity contribution < 1.29 is 9.50 Å². The number of hydrogen-bond acceptors (Lipinski definition) is 5. The van der Waals surface area contributed by atoms with Crippen molar-refractivity contribution in [1.82, 2.24) is 14.9 Å². The molecule has 0 fully saturated rings. The van der Waals surface area contributed by atoms with Gasteiger partial charge in [-0.2, -0.15) is 9.78 Å². The molecule has 2 heterocycles. The molecule has 0 saturated heterocycles. The Bertz CT molecular complexity index is 919. The lowest BCUT2D eigenvalue weighted by Gasteiger charge is -2.20. The van der Waals surface area contributed by atoms with Crippen molar-refractivity contribution in [3.05, 3.63) is 59.9 Å². The number of hydrogen-bond donors (Lipinski definition) is 1. The Hall–Kier alpha value is -2.67. The molecule has 120 valence electrons. The van der Waals surface area contributed by atoms with Gasteiger partial charge in [0.25, 0.3) is 0 Å². The van der Waals surface area contributed by atoms with Crippen LogP contribution >= 0.6 is 11.8 Å². The van der Waals surface area contributed by atoms with Crippen LogP contribution in [0.1, 0.15) is 12.5 Å². The molecule has 0 spiro atoms. The summed E-state index contributed by atoms with van der Waals surface area (Å²) in [6, 6.07) is 13.0. The highest BCUT2D eigenvalue weighted by Gasteiger charge is 2.26. The number of rotatable bonds is 2. The van der Waals surface area contributed by atoms with Gasteiger partial charge in [-0.3, -0.25) is 0 Å². The number of phenolic OH excluding ortho intramolecular Hbond substituents is 1. The first-order valence-electron chi connectivity index (χ1n) is 7.38. The number of nitrogens with zero attached hydrogens (tertiary/aromatic N) is 4. The van der Waals surface area contributed by atoms with Gasteiger partial charge in [-0.15, -0.1) is 10.2 Å². The van der Waals surface area contributed by atoms with Gasteiger partial charge >= 0.3 is 0 Å². The fourth-order valence-electron chi connectivity index (χ4n) is 2.54. The summed E-state index contributed by atoms with van der Waals surface area (Å²) in [6.07, 6.45) is 0. The summed E-state index contributed by atoms with van der Waals surface area (Å²) in [5.74, 6) is 0.488. The smallest absolute Gasteiger partial charge is 0.213 e. The van der Waals surface area contributed by atoms with E-state index in [0.717, 1.165) is 16.8 Å². The van der Waals surface area contributed by atoms with Crippen LogP contribution in [0.15, 0.2) is 58.8 Å². The number of phenols is 1. The lowest BCUT2D eigenvalue weighted by molar-refractivity contribution is 0.475. The van der Waals surface area contributed by atoms with E-state index in [-0.39, 0.29) is 16.8 Å². The van der Waals surface area contributed by atoms with E-state index in [1.54, 1.807) is 40.7 Å². The zero-order chi connectivity index (χ0) is 16.7. The number of aromatic nitrogens is 3. The number of fused-ring (bicyclic) bond motifs is 1. The van der Waals surface area contributed by atoms with Gasteiger partial charge < -0.3 is 5.11 Å². The van der Waals surface area contributed by atoms with Gasteiger partial charge in [-0.05, 0) is 61.0 Å². The van der Waals surface area contributed by atoms with Crippen molar-refractivity contribution in [2.24, 2.45) is 5.10 Å². The van der Waals surface area contributed by atoms with E-state index in [2.05, 4.69) is 10.2 Å². The molecule has 0 saturated carbocycles. The van der Waals surface area contributed by atoms with E-state index in [1.807, 2.05) is 19.1 Å². The number of aromatic hydroxyl groups is 1. The van der Waals surface area contributed by atoms with Crippen molar-refractivity contribution in [1.29, 1.82) is 0 Å². The minimum atomic E-state index is -0.298. The van der Waals surface area contributed by atoms with Gasteiger partial charge in [0.15, 0.2) is 5.82 Å². The van der Waals surface area contributed by atoms with Crippen LogP contribution in [0, 0.1) is 5.82 Å². The van der Waals surface area contributed by atoms with Crippen LogP contribution in [0.3, 0.4) is 0 Å². The van der Waals surface area contributed by atoms with E-state index in [4.69, 9.17) is 5.10 Å². The zero-order valence-corrected chi connectivity index (χ0v) is 13.5. The molecule has 24 heavy (non-hydrogen) atoms. The minimum Gasteiger partial charge on any atom is -0.508 e. The molecule has 3 aromatic rings. The van der Waals surface area contributed by atoms with E-state index >= 15 is 0 Å². The molecule has 4 rings (SSSR count). The lowest BCUT2D eigenvalue weighted by atomic mass is 10.1. The van der Waals surface area contributed by atoms with Crippen LogP contribution in [0.5, 0.6) is 5.75 Å². The topological polar surface area (TPSA) is 63.3 Å². The van der Waals surface area contributed by atoms with Crippen molar-refractivity contribution in [3.63, 3.8) is 0 Å². The summed E-state index contributed by atoms with van der Waals surface area (Å²) < 4.78 is 14.8. The largest absolute Gasteiger partial charge is 0.508 e. The highest BCUT2D eigenvalue weighted by atomic mass is 32.2. The predicted molar refractivity (Wildman–Crippen MR) is 90.8 cm³/mol. The molecule has 1 atom stereocenters. The number of halogens is 1. The quantitative estimate of drug-likeness (QED) is 0.775. The molecular weight excluding hydrogens is 327 g/mol. The van der Waals surface area contributed by atoms with Crippen LogP contribution in [0.4, 0.5) is 4.39 Å². The maximum absolute atomic E-state index is 13.1. The van der Waals surface area contributed by atoms with Crippen LogP contribution in [-0.4, -0.2) is 30.9 Å². The predicted octanol–water partition coefficient (Wildman–Crippen LogP) is 3.54. The molecule has 1 aliphatic heterocycles. The molecule has 0 bridgehead atoms. The average Bonchev–Trinajstić information content (AvgIpc) is 2.98. The van der Waals surface area contributed by atoms with Crippen molar-refractivity contribution >= 4 is 17.5 Å². The molecule has 1 aliphatic rings. The SMILES string of the molecule is C[C@H]1Sc2nnc(-c3ccc(F)cc3)n2N=C1c1ccc(O)cc1. The molecule has 1 aromatic heterocycles. The van der Waals surface area contributed by atoms with Crippen LogP contribution < -0.4 is 0 Å². The van der Waals surface area contributed by atoms with Gasteiger partial charge in [-0.25, -0.2) is 4.39 Å². The third-order valence-electron chi connectivity index (χ3n) is 3.75. The molecule has 2 aromatic carbocycles.